The molecule has 0 aromatic heterocycles. The lowest BCUT2D eigenvalue weighted by Crippen LogP contribution is -2.74. The van der Waals surface area contributed by atoms with Crippen molar-refractivity contribution >= 4 is 11.8 Å². The molecule has 1 aromatic rings. The topological polar surface area (TPSA) is 104 Å². The van der Waals surface area contributed by atoms with Gasteiger partial charge in [0.1, 0.15) is 0 Å². The van der Waals surface area contributed by atoms with Crippen LogP contribution in [0.1, 0.15) is 54.4 Å². The number of nitrogens with one attached hydrogen (secondary N) is 2. The highest BCUT2D eigenvalue weighted by molar-refractivity contribution is 5.97. The predicted octanol–water partition coefficient (Wildman–Crippen LogP) is 1.75. The molecular formula is C32H45N7O3. The van der Waals surface area contributed by atoms with Gasteiger partial charge in [-0.25, -0.2) is 0 Å². The number of fused-ring (bicyclic) bond motifs is 2. The highest BCUT2D eigenvalue weighted by atomic mass is 16.5. The Morgan fingerprint density at radius 1 is 1.19 bits per heavy atom. The zero-order chi connectivity index (χ0) is 29.4. The summed E-state index contributed by atoms with van der Waals surface area (Å²) in [4.78, 5) is 34.7. The van der Waals surface area contributed by atoms with Crippen LogP contribution in [0.5, 0.6) is 0 Å². The summed E-state index contributed by atoms with van der Waals surface area (Å²) in [5.41, 5.74) is 1.72. The molecule has 10 heteroatoms. The number of likely N-dealkylation sites (N-methyl/N-ethyl adjacent to an activating group) is 2. The van der Waals surface area contributed by atoms with Crippen LogP contribution in [-0.4, -0.2) is 114 Å². The predicted molar refractivity (Wildman–Crippen MR) is 159 cm³/mol. The number of piperazine rings is 1. The summed E-state index contributed by atoms with van der Waals surface area (Å²) in [5, 5.41) is 17.2. The third-order valence-electron chi connectivity index (χ3n) is 10.8. The summed E-state index contributed by atoms with van der Waals surface area (Å²) in [5.74, 6) is 0.299. The van der Waals surface area contributed by atoms with Gasteiger partial charge in [0, 0.05) is 55.8 Å². The van der Waals surface area contributed by atoms with Gasteiger partial charge in [-0.1, -0.05) is 24.8 Å². The Morgan fingerprint density at radius 2 is 2.02 bits per heavy atom. The summed E-state index contributed by atoms with van der Waals surface area (Å²) in [6.07, 6.45) is 7.30. The largest absolute Gasteiger partial charge is 0.348 e. The van der Waals surface area contributed by atoms with Crippen LogP contribution in [0.3, 0.4) is 0 Å². The summed E-state index contributed by atoms with van der Waals surface area (Å²) >= 11 is 0. The van der Waals surface area contributed by atoms with Crippen molar-refractivity contribution in [2.45, 2.75) is 81.1 Å². The molecular weight excluding hydrogens is 530 g/mol. The third kappa shape index (κ3) is 5.38. The molecule has 2 N–H and O–H groups in total. The van der Waals surface area contributed by atoms with Crippen LogP contribution in [0.2, 0.25) is 0 Å². The average Bonchev–Trinajstić information content (AvgIpc) is 3.42. The highest BCUT2D eigenvalue weighted by Gasteiger charge is 2.53. The van der Waals surface area contributed by atoms with E-state index in [1.54, 1.807) is 4.90 Å². The van der Waals surface area contributed by atoms with Crippen LogP contribution in [0.4, 0.5) is 0 Å². The zero-order valence-electron chi connectivity index (χ0n) is 25.0. The lowest BCUT2D eigenvalue weighted by atomic mass is 9.66. The van der Waals surface area contributed by atoms with Crippen molar-refractivity contribution in [2.24, 2.45) is 5.92 Å². The lowest BCUT2D eigenvalue weighted by Gasteiger charge is -2.58. The third-order valence-corrected chi connectivity index (χ3v) is 10.8. The number of likely N-dealkylation sites (tertiary alicyclic amines) is 1. The summed E-state index contributed by atoms with van der Waals surface area (Å²) in [7, 11) is 4.14. The van der Waals surface area contributed by atoms with Gasteiger partial charge in [-0.15, -0.1) is 0 Å². The van der Waals surface area contributed by atoms with Gasteiger partial charge in [0.25, 0.3) is 5.91 Å². The van der Waals surface area contributed by atoms with Crippen molar-refractivity contribution < 1.29 is 14.3 Å². The van der Waals surface area contributed by atoms with Crippen molar-refractivity contribution in [1.29, 1.82) is 5.26 Å². The quantitative estimate of drug-likeness (QED) is 0.495. The van der Waals surface area contributed by atoms with E-state index in [0.717, 1.165) is 56.3 Å². The van der Waals surface area contributed by atoms with Crippen LogP contribution in [0.15, 0.2) is 36.9 Å². The molecule has 1 aliphatic carbocycles. The fraction of sp³-hybridized carbons (Fsp3) is 0.656. The minimum atomic E-state index is -0.320. The molecule has 7 atom stereocenters. The van der Waals surface area contributed by atoms with Crippen molar-refractivity contribution in [3.8, 4) is 6.07 Å². The van der Waals surface area contributed by atoms with Crippen molar-refractivity contribution in [2.75, 3.05) is 46.9 Å². The van der Waals surface area contributed by atoms with Gasteiger partial charge in [0.05, 0.1) is 31.3 Å². The van der Waals surface area contributed by atoms with Gasteiger partial charge in [-0.2, -0.15) is 5.26 Å². The molecule has 0 bridgehead atoms. The Morgan fingerprint density at radius 3 is 2.79 bits per heavy atom. The summed E-state index contributed by atoms with van der Waals surface area (Å²) in [6, 6.07) is 10.7. The number of hydrogen-bond acceptors (Lipinski definition) is 8. The van der Waals surface area contributed by atoms with E-state index < -0.39 is 0 Å². The number of nitriles is 1. The number of rotatable bonds is 6. The van der Waals surface area contributed by atoms with E-state index in [2.05, 4.69) is 46.2 Å². The van der Waals surface area contributed by atoms with Crippen molar-refractivity contribution in [3.63, 3.8) is 0 Å². The summed E-state index contributed by atoms with van der Waals surface area (Å²) < 4.78 is 6.54. The molecule has 4 aliphatic heterocycles. The van der Waals surface area contributed by atoms with Crippen LogP contribution >= 0.6 is 0 Å². The van der Waals surface area contributed by atoms with Crippen LogP contribution in [0, 0.1) is 17.2 Å². The van der Waals surface area contributed by atoms with Gasteiger partial charge in [0.2, 0.25) is 5.91 Å². The number of nitrogens with zero attached hydrogens (tertiary/aromatic N) is 5. The highest BCUT2D eigenvalue weighted by Crippen LogP contribution is 2.45. The van der Waals surface area contributed by atoms with Crippen molar-refractivity contribution in [1.82, 2.24) is 30.2 Å². The summed E-state index contributed by atoms with van der Waals surface area (Å²) in [6.45, 7) is 7.34. The lowest BCUT2D eigenvalue weighted by molar-refractivity contribution is -0.137. The van der Waals surface area contributed by atoms with Crippen molar-refractivity contribution in [3.05, 3.63) is 48.0 Å². The molecule has 226 valence electrons. The number of carbonyl (C=O) groups is 2. The van der Waals surface area contributed by atoms with E-state index in [1.165, 1.54) is 12.5 Å². The smallest absolute Gasteiger partial charge is 0.254 e. The second kappa shape index (κ2) is 12.1. The SMILES string of the molecule is C=CC(=O)N1CCN(C2NC(OC[C@@H]3CCCN3C)NC3C[C@]4(CCC32)Cc2ccccc2C(=O)N4C)C[C@@H]1CC#N. The minimum absolute atomic E-state index is 0.0407. The molecule has 2 amide bonds. The standard InChI is InChI=1S/C32H45N7O3/c1-4-28(40)39-17-16-38(20-23(39)12-14-33)29-26-11-13-32(18-22-8-5-6-10-25(22)30(41)37(32)3)19-27(26)34-31(35-29)42-21-24-9-7-15-36(24)2/h4-6,8,10,23-24,26-27,29,31,34-35H,1,7,9,11-13,15-21H2,2-3H3/t23-,24-,26?,27?,29?,31?,32-/m0/s1. The molecule has 42 heavy (non-hydrogen) atoms. The monoisotopic (exact) mass is 575 g/mol. The Kier molecular flexibility index (Phi) is 8.40. The van der Waals surface area contributed by atoms with E-state index >= 15 is 0 Å². The van der Waals surface area contributed by atoms with Gasteiger partial charge >= 0.3 is 0 Å². The molecule has 4 fully saturated rings. The Balaban J connectivity index is 1.24. The molecule has 4 unspecified atom stereocenters. The van der Waals surface area contributed by atoms with E-state index in [9.17, 15) is 14.9 Å². The fourth-order valence-corrected chi connectivity index (χ4v) is 8.29. The number of carbonyl (C=O) groups excluding carboxylic acids is 2. The van der Waals surface area contributed by atoms with E-state index in [1.807, 2.05) is 30.1 Å². The van der Waals surface area contributed by atoms with Gasteiger partial charge in [-0.3, -0.25) is 25.1 Å². The van der Waals surface area contributed by atoms with Gasteiger partial charge in [0.15, 0.2) is 6.35 Å². The first kappa shape index (κ1) is 29.3. The number of benzene rings is 1. The Bertz CT molecular complexity index is 1230. The maximum absolute atomic E-state index is 13.5. The van der Waals surface area contributed by atoms with Gasteiger partial charge in [-0.05, 0) is 69.8 Å². The fourth-order valence-electron chi connectivity index (χ4n) is 8.29. The maximum Gasteiger partial charge on any atom is 0.254 e. The first-order chi connectivity index (χ1) is 20.3. The molecule has 10 nitrogen and oxygen atoms in total. The molecule has 1 saturated carbocycles. The van der Waals surface area contributed by atoms with E-state index in [4.69, 9.17) is 4.74 Å². The second-order valence-electron chi connectivity index (χ2n) is 13.0. The van der Waals surface area contributed by atoms with E-state index in [-0.39, 0.29) is 42.0 Å². The normalized spacial score (nSPS) is 35.5. The van der Waals surface area contributed by atoms with Crippen LogP contribution < -0.4 is 10.6 Å². The molecule has 3 saturated heterocycles. The first-order valence-corrected chi connectivity index (χ1v) is 15.6. The van der Waals surface area contributed by atoms with Crippen LogP contribution in [0.25, 0.3) is 0 Å². The minimum Gasteiger partial charge on any atom is -0.348 e. The first-order valence-electron chi connectivity index (χ1n) is 15.6. The zero-order valence-corrected chi connectivity index (χ0v) is 25.0. The van der Waals surface area contributed by atoms with E-state index in [0.29, 0.717) is 38.1 Å². The average molecular weight is 576 g/mol. The van der Waals surface area contributed by atoms with Crippen LogP contribution in [-0.2, 0) is 16.0 Å². The second-order valence-corrected chi connectivity index (χ2v) is 13.0. The Labute approximate surface area is 249 Å². The number of hydrogen-bond donors (Lipinski definition) is 2. The molecule has 6 rings (SSSR count). The molecule has 1 spiro atoms. The number of amides is 2. The molecule has 0 radical (unpaired) electrons. The maximum atomic E-state index is 13.5. The Hall–Kier alpha value is -2.81. The molecule has 4 heterocycles. The number of ether oxygens (including phenoxy) is 1. The molecule has 1 aromatic carbocycles. The van der Waals surface area contributed by atoms with Gasteiger partial charge < -0.3 is 19.4 Å². The molecule has 5 aliphatic rings.